The molecule has 110 valence electrons. The first-order chi connectivity index (χ1) is 9.61. The summed E-state index contributed by atoms with van der Waals surface area (Å²) in [6.45, 7) is 4.98. The molecule has 3 heteroatoms. The summed E-state index contributed by atoms with van der Waals surface area (Å²) in [6, 6.07) is 5.60. The minimum absolute atomic E-state index is 0.0294. The van der Waals surface area contributed by atoms with Crippen molar-refractivity contribution in [1.82, 2.24) is 5.32 Å². The highest BCUT2D eigenvalue weighted by Crippen LogP contribution is 2.30. The van der Waals surface area contributed by atoms with E-state index in [1.807, 2.05) is 19.1 Å². The summed E-state index contributed by atoms with van der Waals surface area (Å²) in [5.41, 5.74) is 8.05. The zero-order valence-electron chi connectivity index (χ0n) is 12.6. The summed E-state index contributed by atoms with van der Waals surface area (Å²) in [4.78, 5) is 12.3. The molecule has 1 fully saturated rings. The van der Waals surface area contributed by atoms with E-state index in [9.17, 15) is 4.79 Å². The molecule has 2 rings (SSSR count). The van der Waals surface area contributed by atoms with E-state index in [2.05, 4.69) is 12.2 Å². The third-order valence-electron chi connectivity index (χ3n) is 4.63. The van der Waals surface area contributed by atoms with Crippen LogP contribution in [0.15, 0.2) is 18.2 Å². The average molecular weight is 274 g/mol. The third-order valence-corrected chi connectivity index (χ3v) is 4.63. The van der Waals surface area contributed by atoms with E-state index in [1.165, 1.54) is 32.1 Å². The summed E-state index contributed by atoms with van der Waals surface area (Å²) >= 11 is 0. The van der Waals surface area contributed by atoms with Crippen LogP contribution in [-0.2, 0) is 0 Å². The topological polar surface area (TPSA) is 55.1 Å². The maximum Gasteiger partial charge on any atom is 0.253 e. The van der Waals surface area contributed by atoms with Crippen molar-refractivity contribution in [3.8, 4) is 0 Å². The zero-order valence-corrected chi connectivity index (χ0v) is 12.6. The Kier molecular flexibility index (Phi) is 5.05. The molecule has 0 aromatic heterocycles. The fourth-order valence-electron chi connectivity index (χ4n) is 3.17. The van der Waals surface area contributed by atoms with Gasteiger partial charge in [0.25, 0.3) is 5.91 Å². The lowest BCUT2D eigenvalue weighted by Gasteiger charge is -2.28. The molecule has 1 aliphatic carbocycles. The van der Waals surface area contributed by atoms with Crippen molar-refractivity contribution in [3.63, 3.8) is 0 Å². The lowest BCUT2D eigenvalue weighted by atomic mass is 9.81. The van der Waals surface area contributed by atoms with E-state index < -0.39 is 0 Å². The van der Waals surface area contributed by atoms with Crippen molar-refractivity contribution in [2.24, 2.45) is 11.8 Å². The first kappa shape index (κ1) is 14.9. The number of nitrogens with two attached hydrogens (primary N) is 1. The minimum atomic E-state index is -0.0294. The van der Waals surface area contributed by atoms with Gasteiger partial charge in [-0.1, -0.05) is 38.3 Å². The Balaban J connectivity index is 1.87. The molecular weight excluding hydrogens is 248 g/mol. The normalized spacial score (nSPS) is 22.5. The van der Waals surface area contributed by atoms with E-state index in [0.29, 0.717) is 17.2 Å². The molecule has 1 aromatic rings. The SMILES string of the molecule is CCC1CCC(CNC(=O)c2c(C)cccc2N)CC1. The summed E-state index contributed by atoms with van der Waals surface area (Å²) in [5.74, 6) is 1.50. The van der Waals surface area contributed by atoms with Gasteiger partial charge in [-0.25, -0.2) is 0 Å². The first-order valence-electron chi connectivity index (χ1n) is 7.75. The van der Waals surface area contributed by atoms with Crippen LogP contribution < -0.4 is 11.1 Å². The number of nitrogen functional groups attached to an aromatic ring is 1. The molecular formula is C17H26N2O. The molecule has 0 atom stereocenters. The van der Waals surface area contributed by atoms with Gasteiger partial charge in [0, 0.05) is 12.2 Å². The lowest BCUT2D eigenvalue weighted by molar-refractivity contribution is 0.0941. The molecule has 0 saturated heterocycles. The summed E-state index contributed by atoms with van der Waals surface area (Å²) < 4.78 is 0. The van der Waals surface area contributed by atoms with Gasteiger partial charge in [0.05, 0.1) is 5.56 Å². The number of carbonyl (C=O) groups is 1. The second-order valence-corrected chi connectivity index (χ2v) is 6.04. The van der Waals surface area contributed by atoms with Gasteiger partial charge in [-0.05, 0) is 43.2 Å². The minimum Gasteiger partial charge on any atom is -0.398 e. The molecule has 0 radical (unpaired) electrons. The van der Waals surface area contributed by atoms with Crippen molar-refractivity contribution in [3.05, 3.63) is 29.3 Å². The van der Waals surface area contributed by atoms with Crippen LogP contribution >= 0.6 is 0 Å². The lowest BCUT2D eigenvalue weighted by Crippen LogP contribution is -2.32. The van der Waals surface area contributed by atoms with Crippen LogP contribution in [-0.4, -0.2) is 12.5 Å². The Morgan fingerprint density at radius 1 is 1.25 bits per heavy atom. The van der Waals surface area contributed by atoms with Crippen molar-refractivity contribution >= 4 is 11.6 Å². The number of amides is 1. The third kappa shape index (κ3) is 3.53. The number of hydrogen-bond acceptors (Lipinski definition) is 2. The Labute approximate surface area is 121 Å². The van der Waals surface area contributed by atoms with Gasteiger partial charge >= 0.3 is 0 Å². The van der Waals surface area contributed by atoms with Gasteiger partial charge in [-0.15, -0.1) is 0 Å². The highest BCUT2D eigenvalue weighted by atomic mass is 16.1. The molecule has 1 aromatic carbocycles. The van der Waals surface area contributed by atoms with Crippen LogP contribution in [0.2, 0.25) is 0 Å². The van der Waals surface area contributed by atoms with Crippen LogP contribution in [0.5, 0.6) is 0 Å². The zero-order chi connectivity index (χ0) is 14.5. The molecule has 3 nitrogen and oxygen atoms in total. The summed E-state index contributed by atoms with van der Waals surface area (Å²) in [5, 5.41) is 3.06. The molecule has 0 aliphatic heterocycles. The largest absolute Gasteiger partial charge is 0.398 e. The van der Waals surface area contributed by atoms with Gasteiger partial charge in [0.15, 0.2) is 0 Å². The van der Waals surface area contributed by atoms with Crippen molar-refractivity contribution in [2.45, 2.75) is 46.0 Å². The molecule has 0 bridgehead atoms. The Hall–Kier alpha value is -1.51. The highest BCUT2D eigenvalue weighted by molar-refractivity contribution is 6.00. The van der Waals surface area contributed by atoms with Crippen molar-refractivity contribution < 1.29 is 4.79 Å². The van der Waals surface area contributed by atoms with E-state index in [4.69, 9.17) is 5.73 Å². The number of rotatable bonds is 4. The van der Waals surface area contributed by atoms with Gasteiger partial charge in [-0.3, -0.25) is 4.79 Å². The molecule has 0 heterocycles. The molecule has 1 aliphatic rings. The smallest absolute Gasteiger partial charge is 0.253 e. The second kappa shape index (κ2) is 6.78. The number of anilines is 1. The Morgan fingerprint density at radius 2 is 1.90 bits per heavy atom. The fraction of sp³-hybridized carbons (Fsp3) is 0.588. The molecule has 1 saturated carbocycles. The number of carbonyl (C=O) groups excluding carboxylic acids is 1. The standard InChI is InChI=1S/C17H26N2O/c1-3-13-7-9-14(10-8-13)11-19-17(20)16-12(2)5-4-6-15(16)18/h4-6,13-14H,3,7-11,18H2,1-2H3,(H,19,20). The van der Waals surface area contributed by atoms with E-state index in [1.54, 1.807) is 6.07 Å². The van der Waals surface area contributed by atoms with Crippen LogP contribution in [0.1, 0.15) is 54.9 Å². The number of aryl methyl sites for hydroxylation is 1. The summed E-state index contributed by atoms with van der Waals surface area (Å²) in [7, 11) is 0. The summed E-state index contributed by atoms with van der Waals surface area (Å²) in [6.07, 6.45) is 6.38. The number of hydrogen-bond donors (Lipinski definition) is 2. The quantitative estimate of drug-likeness (QED) is 0.825. The maximum absolute atomic E-state index is 12.3. The highest BCUT2D eigenvalue weighted by Gasteiger charge is 2.21. The van der Waals surface area contributed by atoms with E-state index in [-0.39, 0.29) is 5.91 Å². The van der Waals surface area contributed by atoms with Crippen LogP contribution in [0.3, 0.4) is 0 Å². The van der Waals surface area contributed by atoms with Crippen LogP contribution in [0.25, 0.3) is 0 Å². The molecule has 20 heavy (non-hydrogen) atoms. The predicted octanol–water partition coefficient (Wildman–Crippen LogP) is 3.52. The van der Waals surface area contributed by atoms with Gasteiger partial charge < -0.3 is 11.1 Å². The molecule has 0 spiro atoms. The monoisotopic (exact) mass is 274 g/mol. The predicted molar refractivity (Wildman–Crippen MR) is 83.7 cm³/mol. The molecule has 0 unspecified atom stereocenters. The van der Waals surface area contributed by atoms with Crippen molar-refractivity contribution in [1.29, 1.82) is 0 Å². The Morgan fingerprint density at radius 3 is 2.50 bits per heavy atom. The van der Waals surface area contributed by atoms with Crippen molar-refractivity contribution in [2.75, 3.05) is 12.3 Å². The number of benzene rings is 1. The van der Waals surface area contributed by atoms with Crippen LogP contribution in [0, 0.1) is 18.8 Å². The van der Waals surface area contributed by atoms with Gasteiger partial charge in [-0.2, -0.15) is 0 Å². The molecule has 1 amide bonds. The average Bonchev–Trinajstić information content (AvgIpc) is 2.45. The Bertz CT molecular complexity index is 442. The van der Waals surface area contributed by atoms with Crippen LogP contribution in [0.4, 0.5) is 5.69 Å². The molecule has 3 N–H and O–H groups in total. The van der Waals surface area contributed by atoms with E-state index >= 15 is 0 Å². The fourth-order valence-corrected chi connectivity index (χ4v) is 3.17. The van der Waals surface area contributed by atoms with Gasteiger partial charge in [0.1, 0.15) is 0 Å². The second-order valence-electron chi connectivity index (χ2n) is 6.04. The first-order valence-corrected chi connectivity index (χ1v) is 7.75. The van der Waals surface area contributed by atoms with E-state index in [0.717, 1.165) is 18.0 Å². The maximum atomic E-state index is 12.3. The van der Waals surface area contributed by atoms with Gasteiger partial charge in [0.2, 0.25) is 0 Å². The number of nitrogens with one attached hydrogen (secondary N) is 1.